The summed E-state index contributed by atoms with van der Waals surface area (Å²) >= 11 is 1.83. The van der Waals surface area contributed by atoms with Crippen LogP contribution in [0.25, 0.3) is 0 Å². The Kier molecular flexibility index (Phi) is 2.90. The van der Waals surface area contributed by atoms with E-state index in [1.165, 1.54) is 19.3 Å². The molecule has 0 amide bonds. The second-order valence-electron chi connectivity index (χ2n) is 3.56. The Morgan fingerprint density at radius 1 is 1.54 bits per heavy atom. The fourth-order valence-corrected chi connectivity index (χ4v) is 2.96. The molecule has 1 fully saturated rings. The number of aromatic amines is 1. The SMILES string of the molecule is NC1CCCC(Sc2ncc[nH]2)C1. The van der Waals surface area contributed by atoms with Crippen LogP contribution >= 0.6 is 11.8 Å². The molecular formula is C9H15N3S. The first-order valence-corrected chi connectivity index (χ1v) is 5.64. The van der Waals surface area contributed by atoms with Crippen molar-refractivity contribution in [3.8, 4) is 0 Å². The molecule has 3 N–H and O–H groups in total. The summed E-state index contributed by atoms with van der Waals surface area (Å²) in [6.07, 6.45) is 8.52. The first-order chi connectivity index (χ1) is 6.34. The maximum atomic E-state index is 5.91. The van der Waals surface area contributed by atoms with Gasteiger partial charge >= 0.3 is 0 Å². The molecule has 72 valence electrons. The quantitative estimate of drug-likeness (QED) is 0.759. The van der Waals surface area contributed by atoms with Crippen LogP contribution in [-0.4, -0.2) is 21.3 Å². The highest BCUT2D eigenvalue weighted by atomic mass is 32.2. The van der Waals surface area contributed by atoms with Gasteiger partial charge in [-0.1, -0.05) is 18.2 Å². The van der Waals surface area contributed by atoms with Crippen LogP contribution < -0.4 is 5.73 Å². The number of thioether (sulfide) groups is 1. The molecule has 13 heavy (non-hydrogen) atoms. The topological polar surface area (TPSA) is 54.7 Å². The number of nitrogens with zero attached hydrogens (tertiary/aromatic N) is 1. The minimum atomic E-state index is 0.404. The molecule has 1 aromatic heterocycles. The molecule has 0 aliphatic heterocycles. The molecular weight excluding hydrogens is 182 g/mol. The van der Waals surface area contributed by atoms with Crippen molar-refractivity contribution in [2.24, 2.45) is 5.73 Å². The van der Waals surface area contributed by atoms with Gasteiger partial charge in [0, 0.05) is 23.7 Å². The van der Waals surface area contributed by atoms with Gasteiger partial charge in [0.1, 0.15) is 0 Å². The van der Waals surface area contributed by atoms with E-state index in [-0.39, 0.29) is 0 Å². The molecule has 1 saturated carbocycles. The van der Waals surface area contributed by atoms with Crippen LogP contribution in [0, 0.1) is 0 Å². The number of aromatic nitrogens is 2. The third-order valence-corrected chi connectivity index (χ3v) is 3.63. The molecule has 2 atom stereocenters. The van der Waals surface area contributed by atoms with E-state index in [4.69, 9.17) is 5.73 Å². The van der Waals surface area contributed by atoms with Crippen molar-refractivity contribution in [3.05, 3.63) is 12.4 Å². The van der Waals surface area contributed by atoms with Crippen LogP contribution in [0.1, 0.15) is 25.7 Å². The number of nitrogens with two attached hydrogens (primary N) is 1. The number of H-pyrrole nitrogens is 1. The lowest BCUT2D eigenvalue weighted by Crippen LogP contribution is -2.29. The fourth-order valence-electron chi connectivity index (χ4n) is 1.76. The highest BCUT2D eigenvalue weighted by molar-refractivity contribution is 7.99. The second kappa shape index (κ2) is 4.15. The monoisotopic (exact) mass is 197 g/mol. The summed E-state index contributed by atoms with van der Waals surface area (Å²) in [6.45, 7) is 0. The number of hydrogen-bond acceptors (Lipinski definition) is 3. The van der Waals surface area contributed by atoms with Gasteiger partial charge in [0.05, 0.1) is 0 Å². The third kappa shape index (κ3) is 2.48. The average molecular weight is 197 g/mol. The lowest BCUT2D eigenvalue weighted by Gasteiger charge is -2.25. The molecule has 1 heterocycles. The van der Waals surface area contributed by atoms with Crippen molar-refractivity contribution in [3.63, 3.8) is 0 Å². The van der Waals surface area contributed by atoms with Crippen LogP contribution in [0.15, 0.2) is 17.6 Å². The summed E-state index contributed by atoms with van der Waals surface area (Å²) in [6, 6.07) is 0.404. The Morgan fingerprint density at radius 2 is 2.46 bits per heavy atom. The second-order valence-corrected chi connectivity index (χ2v) is 4.85. The van der Waals surface area contributed by atoms with Crippen LogP contribution in [0.3, 0.4) is 0 Å². The number of imidazole rings is 1. The summed E-state index contributed by atoms with van der Waals surface area (Å²) in [5, 5.41) is 1.69. The van der Waals surface area contributed by atoms with Gasteiger partial charge in [-0.25, -0.2) is 4.98 Å². The predicted molar refractivity (Wildman–Crippen MR) is 54.7 cm³/mol. The maximum absolute atomic E-state index is 5.91. The van der Waals surface area contributed by atoms with Gasteiger partial charge in [0.2, 0.25) is 0 Å². The van der Waals surface area contributed by atoms with Crippen LogP contribution in [0.5, 0.6) is 0 Å². The van der Waals surface area contributed by atoms with Crippen molar-refractivity contribution in [1.29, 1.82) is 0 Å². The number of nitrogens with one attached hydrogen (secondary N) is 1. The summed E-state index contributed by atoms with van der Waals surface area (Å²) < 4.78 is 0. The van der Waals surface area contributed by atoms with Crippen molar-refractivity contribution in [2.45, 2.75) is 42.1 Å². The molecule has 0 radical (unpaired) electrons. The van der Waals surface area contributed by atoms with E-state index in [2.05, 4.69) is 9.97 Å². The van der Waals surface area contributed by atoms with Gasteiger partial charge in [-0.3, -0.25) is 0 Å². The smallest absolute Gasteiger partial charge is 0.165 e. The Bertz CT molecular complexity index is 247. The Balaban J connectivity index is 1.87. The minimum Gasteiger partial charge on any atom is -0.340 e. The molecule has 2 unspecified atom stereocenters. The third-order valence-electron chi connectivity index (χ3n) is 2.42. The number of hydrogen-bond donors (Lipinski definition) is 2. The molecule has 1 aliphatic carbocycles. The van der Waals surface area contributed by atoms with Gasteiger partial charge < -0.3 is 10.7 Å². The summed E-state index contributed by atoms with van der Waals surface area (Å²) in [4.78, 5) is 7.31. The summed E-state index contributed by atoms with van der Waals surface area (Å²) in [5.74, 6) is 0. The van der Waals surface area contributed by atoms with E-state index in [0.717, 1.165) is 11.6 Å². The minimum absolute atomic E-state index is 0.404. The van der Waals surface area contributed by atoms with E-state index in [1.807, 2.05) is 18.0 Å². The molecule has 0 aromatic carbocycles. The first kappa shape index (κ1) is 9.09. The van der Waals surface area contributed by atoms with Crippen molar-refractivity contribution in [1.82, 2.24) is 9.97 Å². The summed E-state index contributed by atoms with van der Waals surface area (Å²) in [5.41, 5.74) is 5.91. The first-order valence-electron chi connectivity index (χ1n) is 4.76. The maximum Gasteiger partial charge on any atom is 0.165 e. The highest BCUT2D eigenvalue weighted by Gasteiger charge is 2.20. The van der Waals surface area contributed by atoms with E-state index >= 15 is 0 Å². The lowest BCUT2D eigenvalue weighted by atomic mass is 9.96. The molecule has 2 rings (SSSR count). The van der Waals surface area contributed by atoms with E-state index < -0.39 is 0 Å². The van der Waals surface area contributed by atoms with Gasteiger partial charge in [-0.2, -0.15) is 0 Å². The largest absolute Gasteiger partial charge is 0.340 e. The zero-order chi connectivity index (χ0) is 9.10. The van der Waals surface area contributed by atoms with Crippen molar-refractivity contribution < 1.29 is 0 Å². The van der Waals surface area contributed by atoms with Crippen molar-refractivity contribution >= 4 is 11.8 Å². The predicted octanol–water partition coefficient (Wildman–Crippen LogP) is 1.77. The van der Waals surface area contributed by atoms with Gasteiger partial charge in [0.25, 0.3) is 0 Å². The van der Waals surface area contributed by atoms with Gasteiger partial charge in [0.15, 0.2) is 5.16 Å². The molecule has 4 heteroatoms. The fraction of sp³-hybridized carbons (Fsp3) is 0.667. The molecule has 1 aliphatic rings. The Hall–Kier alpha value is -0.480. The zero-order valence-electron chi connectivity index (χ0n) is 7.57. The molecule has 3 nitrogen and oxygen atoms in total. The lowest BCUT2D eigenvalue weighted by molar-refractivity contribution is 0.451. The molecule has 0 bridgehead atoms. The molecule has 1 aromatic rings. The Labute approximate surface area is 82.5 Å². The van der Waals surface area contributed by atoms with Crippen molar-refractivity contribution in [2.75, 3.05) is 0 Å². The normalized spacial score (nSPS) is 29.0. The van der Waals surface area contributed by atoms with Gasteiger partial charge in [-0.05, 0) is 19.3 Å². The molecule has 0 saturated heterocycles. The number of rotatable bonds is 2. The molecule has 0 spiro atoms. The van der Waals surface area contributed by atoms with Gasteiger partial charge in [-0.15, -0.1) is 0 Å². The highest BCUT2D eigenvalue weighted by Crippen LogP contribution is 2.31. The van der Waals surface area contributed by atoms with E-state index in [9.17, 15) is 0 Å². The van der Waals surface area contributed by atoms with Crippen LogP contribution in [0.2, 0.25) is 0 Å². The summed E-state index contributed by atoms with van der Waals surface area (Å²) in [7, 11) is 0. The van der Waals surface area contributed by atoms with E-state index in [1.54, 1.807) is 6.20 Å². The van der Waals surface area contributed by atoms with E-state index in [0.29, 0.717) is 11.3 Å². The van der Waals surface area contributed by atoms with Crippen LogP contribution in [-0.2, 0) is 0 Å². The standard InChI is InChI=1S/C9H15N3S/c10-7-2-1-3-8(6-7)13-9-11-4-5-12-9/h4-5,7-8H,1-3,6,10H2,(H,11,12). The average Bonchev–Trinajstić information content (AvgIpc) is 2.57. The Morgan fingerprint density at radius 3 is 3.15 bits per heavy atom. The zero-order valence-corrected chi connectivity index (χ0v) is 8.39. The van der Waals surface area contributed by atoms with Crippen LogP contribution in [0.4, 0.5) is 0 Å².